The van der Waals surface area contributed by atoms with Gasteiger partial charge in [0.15, 0.2) is 17.6 Å². The molecule has 214 valence electrons. The molecule has 0 aliphatic carbocycles. The van der Waals surface area contributed by atoms with E-state index in [0.29, 0.717) is 20.8 Å². The fourth-order valence-corrected chi connectivity index (χ4v) is 5.59. The monoisotopic (exact) mass is 608 g/mol. The van der Waals surface area contributed by atoms with Gasteiger partial charge in [0, 0.05) is 26.8 Å². The largest absolute Gasteiger partial charge is 0.573 e. The molecule has 0 aliphatic rings. The van der Waals surface area contributed by atoms with Crippen LogP contribution >= 0.6 is 11.3 Å². The minimum atomic E-state index is -5.12. The number of nitrogens with zero attached hydrogens (tertiary/aromatic N) is 1. The van der Waals surface area contributed by atoms with Crippen LogP contribution in [0.15, 0.2) is 56.9 Å². The van der Waals surface area contributed by atoms with E-state index in [1.807, 2.05) is 4.98 Å². The predicted molar refractivity (Wildman–Crippen MR) is 134 cm³/mol. The summed E-state index contributed by atoms with van der Waals surface area (Å²) < 4.78 is 100. The molecule has 2 atom stereocenters. The molecule has 8 nitrogen and oxygen atoms in total. The topological polar surface area (TPSA) is 111 Å². The van der Waals surface area contributed by atoms with E-state index in [2.05, 4.69) is 4.74 Å². The van der Waals surface area contributed by atoms with Crippen LogP contribution in [-0.2, 0) is 17.3 Å². The molecule has 0 spiro atoms. The maximum absolute atomic E-state index is 13.2. The Labute approximate surface area is 226 Å². The molecule has 2 heterocycles. The zero-order valence-corrected chi connectivity index (χ0v) is 22.0. The van der Waals surface area contributed by atoms with Gasteiger partial charge in [0.2, 0.25) is 0 Å². The van der Waals surface area contributed by atoms with Crippen LogP contribution in [0.25, 0.3) is 20.7 Å². The third kappa shape index (κ3) is 6.23. The van der Waals surface area contributed by atoms with Crippen molar-refractivity contribution in [3.05, 3.63) is 68.9 Å². The van der Waals surface area contributed by atoms with Crippen molar-refractivity contribution in [2.75, 3.05) is 6.26 Å². The van der Waals surface area contributed by atoms with Crippen LogP contribution in [0.3, 0.4) is 0 Å². The van der Waals surface area contributed by atoms with Crippen molar-refractivity contribution in [1.29, 1.82) is 0 Å². The summed E-state index contributed by atoms with van der Waals surface area (Å²) in [5.41, 5.74) is -1.86. The number of benzene rings is 2. The maximum atomic E-state index is 13.2. The summed E-state index contributed by atoms with van der Waals surface area (Å²) in [7, 11) is -1.29. The summed E-state index contributed by atoms with van der Waals surface area (Å²) >= 11 is 0.683. The van der Waals surface area contributed by atoms with Crippen molar-refractivity contribution in [3.63, 3.8) is 0 Å². The highest BCUT2D eigenvalue weighted by atomic mass is 32.2. The molecule has 0 amide bonds. The minimum absolute atomic E-state index is 0.0804. The second-order valence-electron chi connectivity index (χ2n) is 8.40. The van der Waals surface area contributed by atoms with Crippen molar-refractivity contribution in [1.82, 2.24) is 9.55 Å². The number of fused-ring (bicyclic) bond motifs is 1. The number of aromatic nitrogens is 2. The van der Waals surface area contributed by atoms with E-state index >= 15 is 0 Å². The number of nitrogens with one attached hydrogen (secondary N) is 1. The molecule has 2 aromatic heterocycles. The van der Waals surface area contributed by atoms with E-state index in [0.717, 1.165) is 12.1 Å². The van der Waals surface area contributed by atoms with Gasteiger partial charge in [-0.2, -0.15) is 13.2 Å². The third-order valence-corrected chi connectivity index (χ3v) is 7.91. The molecule has 2 aromatic carbocycles. The van der Waals surface area contributed by atoms with Gasteiger partial charge in [-0.15, -0.1) is 24.5 Å². The average Bonchev–Trinajstić information content (AvgIpc) is 3.19. The van der Waals surface area contributed by atoms with Crippen LogP contribution in [-0.4, -0.2) is 43.8 Å². The van der Waals surface area contributed by atoms with Crippen LogP contribution in [0, 0.1) is 6.92 Å². The highest BCUT2D eigenvalue weighted by molar-refractivity contribution is 7.84. The third-order valence-electron chi connectivity index (χ3n) is 5.61. The molecule has 4 aromatic rings. The van der Waals surface area contributed by atoms with Gasteiger partial charge >= 0.3 is 18.2 Å². The smallest absolute Gasteiger partial charge is 0.453 e. The molecule has 0 aliphatic heterocycles. The van der Waals surface area contributed by atoms with E-state index in [1.165, 1.54) is 43.5 Å². The van der Waals surface area contributed by atoms with Gasteiger partial charge in [0.25, 0.3) is 5.56 Å². The molecule has 40 heavy (non-hydrogen) atoms. The molecular formula is C24H18F6N2O6S2. The molecule has 0 saturated heterocycles. The fourth-order valence-electron chi connectivity index (χ4n) is 3.76. The lowest BCUT2D eigenvalue weighted by atomic mass is 10.1. The zero-order chi connectivity index (χ0) is 29.6. The van der Waals surface area contributed by atoms with E-state index < -0.39 is 53.0 Å². The average molecular weight is 609 g/mol. The lowest BCUT2D eigenvalue weighted by Crippen LogP contribution is -2.38. The summed E-state index contributed by atoms with van der Waals surface area (Å²) in [6.45, 7) is 0.195. The van der Waals surface area contributed by atoms with Gasteiger partial charge < -0.3 is 14.6 Å². The number of ether oxygens (including phenoxy) is 2. The first kappa shape index (κ1) is 29.4. The number of thiophene rings is 1. The number of hydrogen-bond acceptors (Lipinski definition) is 7. The first-order valence-corrected chi connectivity index (χ1v) is 13.4. The van der Waals surface area contributed by atoms with Crippen molar-refractivity contribution in [3.8, 4) is 27.7 Å². The molecule has 0 fully saturated rings. The Kier molecular flexibility index (Phi) is 7.88. The van der Waals surface area contributed by atoms with Gasteiger partial charge in [-0.3, -0.25) is 18.6 Å². The van der Waals surface area contributed by atoms with E-state index in [1.54, 1.807) is 0 Å². The molecule has 4 rings (SSSR count). The van der Waals surface area contributed by atoms with E-state index in [4.69, 9.17) is 4.74 Å². The number of alkyl halides is 6. The highest BCUT2D eigenvalue weighted by Gasteiger charge is 2.39. The Balaban J connectivity index is 1.82. The molecule has 2 N–H and O–H groups in total. The van der Waals surface area contributed by atoms with E-state index in [9.17, 15) is 45.2 Å². The normalized spacial score (nSPS) is 13.8. The number of H-pyrrole nitrogens is 1. The molecular weight excluding hydrogens is 590 g/mol. The van der Waals surface area contributed by atoms with E-state index in [-0.39, 0.29) is 37.7 Å². The number of halogens is 6. The lowest BCUT2D eigenvalue weighted by molar-refractivity contribution is -0.275. The number of rotatable bonds is 7. The van der Waals surface area contributed by atoms with Gasteiger partial charge in [-0.25, -0.2) is 4.79 Å². The van der Waals surface area contributed by atoms with Gasteiger partial charge in [-0.05, 0) is 60.5 Å². The zero-order valence-electron chi connectivity index (χ0n) is 20.3. The number of aliphatic hydroxyl groups excluding tert-OH is 1. The Morgan fingerprint density at radius 2 is 1.70 bits per heavy atom. The van der Waals surface area contributed by atoms with Gasteiger partial charge in [0.1, 0.15) is 10.6 Å². The molecule has 0 bridgehead atoms. The quantitative estimate of drug-likeness (QED) is 0.284. The van der Waals surface area contributed by atoms with Crippen LogP contribution < -0.4 is 20.7 Å². The SMILES string of the molecule is Cc1c(-c2ccc(Oc3ccc(S(C)=O)cc3)c(OC(F)(F)F)c2)sc2c1c(=O)[nH]c(=O)n2C[C@@H](O)C(F)(F)F. The van der Waals surface area contributed by atoms with Crippen LogP contribution in [0.5, 0.6) is 17.2 Å². The molecule has 1 unspecified atom stereocenters. The fraction of sp³-hybridized carbons (Fsp3) is 0.250. The Hall–Kier alpha value is -3.63. The summed E-state index contributed by atoms with van der Waals surface area (Å²) in [6.07, 6.45) is -11.6. The van der Waals surface area contributed by atoms with Crippen molar-refractivity contribution in [2.24, 2.45) is 0 Å². The highest BCUT2D eigenvalue weighted by Crippen LogP contribution is 2.42. The van der Waals surface area contributed by atoms with Crippen molar-refractivity contribution >= 4 is 32.4 Å². The first-order valence-electron chi connectivity index (χ1n) is 11.1. The maximum Gasteiger partial charge on any atom is 0.573 e. The standard InChI is InChI=1S/C24H18F6N2O6S2/c1-11-18-20(34)31-22(35)32(10-17(33)23(25,26)27)21(18)39-19(11)12-3-8-15(16(9-12)38-24(28,29)30)37-13-4-6-14(7-5-13)40(2)36/h3-9,17,33H,10H2,1-2H3,(H,31,34,35)/t17-,40?/m1/s1. The summed E-state index contributed by atoms with van der Waals surface area (Å²) in [5, 5.41) is 9.33. The van der Waals surface area contributed by atoms with Crippen LogP contribution in [0.1, 0.15) is 5.56 Å². The summed E-state index contributed by atoms with van der Waals surface area (Å²) in [6, 6.07) is 9.22. The predicted octanol–water partition coefficient (Wildman–Crippen LogP) is 5.08. The molecule has 0 radical (unpaired) electrons. The Morgan fingerprint density at radius 1 is 1.05 bits per heavy atom. The summed E-state index contributed by atoms with van der Waals surface area (Å²) in [4.78, 5) is 27.2. The number of aryl methyl sites for hydroxylation is 1. The van der Waals surface area contributed by atoms with Gasteiger partial charge in [0.05, 0.1) is 11.9 Å². The Morgan fingerprint density at radius 3 is 2.27 bits per heavy atom. The number of hydrogen-bond donors (Lipinski definition) is 2. The molecule has 16 heteroatoms. The second-order valence-corrected chi connectivity index (χ2v) is 10.8. The van der Waals surface area contributed by atoms with Crippen molar-refractivity contribution in [2.45, 2.75) is 37.0 Å². The Bertz CT molecular complexity index is 1710. The number of aromatic amines is 1. The van der Waals surface area contributed by atoms with Crippen LogP contribution in [0.4, 0.5) is 26.3 Å². The lowest BCUT2D eigenvalue weighted by Gasteiger charge is -2.16. The minimum Gasteiger partial charge on any atom is -0.453 e. The first-order chi connectivity index (χ1) is 18.5. The second kappa shape index (κ2) is 10.7. The van der Waals surface area contributed by atoms with Gasteiger partial charge in [-0.1, -0.05) is 0 Å². The molecule has 0 saturated carbocycles. The summed E-state index contributed by atoms with van der Waals surface area (Å²) in [5.74, 6) is -0.983. The van der Waals surface area contributed by atoms with Crippen molar-refractivity contribution < 1.29 is 45.1 Å². The van der Waals surface area contributed by atoms with Crippen LogP contribution in [0.2, 0.25) is 0 Å². The number of aliphatic hydroxyl groups is 1.